The fraction of sp³-hybridized carbons (Fsp3) is 0.471. The van der Waals surface area contributed by atoms with E-state index in [1.165, 1.54) is 11.1 Å². The molecule has 0 spiro atoms. The fourth-order valence-electron chi connectivity index (χ4n) is 2.42. The first-order valence-electron chi connectivity index (χ1n) is 7.47. The molecule has 0 amide bonds. The smallest absolute Gasteiger partial charge is 0.122 e. The molecule has 21 heavy (non-hydrogen) atoms. The Bertz CT molecular complexity index is 556. The Morgan fingerprint density at radius 3 is 2.33 bits per heavy atom. The van der Waals surface area contributed by atoms with Crippen LogP contribution in [0.3, 0.4) is 0 Å². The van der Waals surface area contributed by atoms with Crippen molar-refractivity contribution in [3.63, 3.8) is 0 Å². The van der Waals surface area contributed by atoms with E-state index in [1.54, 1.807) is 0 Å². The fourth-order valence-corrected chi connectivity index (χ4v) is 2.42. The van der Waals surface area contributed by atoms with E-state index in [0.29, 0.717) is 5.92 Å². The minimum atomic E-state index is 0.0245. The molecule has 1 aromatic heterocycles. The molecule has 1 unspecified atom stereocenters. The van der Waals surface area contributed by atoms with Gasteiger partial charge in [0.15, 0.2) is 0 Å². The zero-order valence-corrected chi connectivity index (χ0v) is 13.5. The molecule has 0 radical (unpaired) electrons. The number of hydrogen-bond donors (Lipinski definition) is 1. The number of likely N-dealkylation sites (N-methyl/N-ethyl adjacent to an activating group) is 1. The van der Waals surface area contributed by atoms with Gasteiger partial charge in [0.05, 0.1) is 6.54 Å². The molecule has 4 heteroatoms. The average molecular weight is 286 g/mol. The van der Waals surface area contributed by atoms with Crippen LogP contribution in [0.1, 0.15) is 42.8 Å². The Morgan fingerprint density at radius 1 is 1.19 bits per heavy atom. The highest BCUT2D eigenvalue weighted by Gasteiger charge is 2.11. The summed E-state index contributed by atoms with van der Waals surface area (Å²) in [6.07, 6.45) is 3.79. The zero-order chi connectivity index (χ0) is 15.4. The Morgan fingerprint density at radius 2 is 1.81 bits per heavy atom. The molecule has 0 aliphatic heterocycles. The van der Waals surface area contributed by atoms with Gasteiger partial charge < -0.3 is 10.3 Å². The first-order valence-corrected chi connectivity index (χ1v) is 7.47. The summed E-state index contributed by atoms with van der Waals surface area (Å²) in [5.74, 6) is 1.61. The topological polar surface area (TPSA) is 47.1 Å². The molecule has 0 saturated heterocycles. The van der Waals surface area contributed by atoms with Crippen molar-refractivity contribution in [1.82, 2.24) is 14.5 Å². The van der Waals surface area contributed by atoms with Crippen LogP contribution < -0.4 is 5.73 Å². The molecule has 1 atom stereocenters. The molecule has 0 aliphatic rings. The van der Waals surface area contributed by atoms with Gasteiger partial charge in [0.2, 0.25) is 0 Å². The van der Waals surface area contributed by atoms with E-state index >= 15 is 0 Å². The SMILES string of the molecule is CC(C)c1ccc(C(N)CN(C)Cc2nccn2C)cc1. The molecule has 2 rings (SSSR count). The monoisotopic (exact) mass is 286 g/mol. The summed E-state index contributed by atoms with van der Waals surface area (Å²) in [5.41, 5.74) is 8.86. The molecular weight excluding hydrogens is 260 g/mol. The first kappa shape index (κ1) is 15.7. The third kappa shape index (κ3) is 4.16. The van der Waals surface area contributed by atoms with Crippen molar-refractivity contribution in [2.24, 2.45) is 12.8 Å². The Labute approximate surface area is 127 Å². The van der Waals surface area contributed by atoms with Crippen LogP contribution in [0.2, 0.25) is 0 Å². The average Bonchev–Trinajstić information content (AvgIpc) is 2.84. The van der Waals surface area contributed by atoms with Crippen molar-refractivity contribution in [3.8, 4) is 0 Å². The number of aromatic nitrogens is 2. The van der Waals surface area contributed by atoms with Crippen molar-refractivity contribution in [3.05, 3.63) is 53.6 Å². The predicted molar refractivity (Wildman–Crippen MR) is 87.0 cm³/mol. The second kappa shape index (κ2) is 6.87. The van der Waals surface area contributed by atoms with Crippen molar-refractivity contribution < 1.29 is 0 Å². The second-order valence-electron chi connectivity index (χ2n) is 6.08. The summed E-state index contributed by atoms with van der Waals surface area (Å²) in [6.45, 7) is 6.03. The summed E-state index contributed by atoms with van der Waals surface area (Å²) in [5, 5.41) is 0. The number of benzene rings is 1. The molecular formula is C17H26N4. The van der Waals surface area contributed by atoms with Gasteiger partial charge >= 0.3 is 0 Å². The highest BCUT2D eigenvalue weighted by Crippen LogP contribution is 2.18. The Hall–Kier alpha value is -1.65. The van der Waals surface area contributed by atoms with Gasteiger partial charge in [-0.1, -0.05) is 38.1 Å². The lowest BCUT2D eigenvalue weighted by Crippen LogP contribution is -2.29. The lowest BCUT2D eigenvalue weighted by molar-refractivity contribution is 0.295. The van der Waals surface area contributed by atoms with Gasteiger partial charge in [0.1, 0.15) is 5.82 Å². The van der Waals surface area contributed by atoms with Crippen LogP contribution >= 0.6 is 0 Å². The number of imidazole rings is 1. The number of aryl methyl sites for hydroxylation is 1. The highest BCUT2D eigenvalue weighted by atomic mass is 15.2. The van der Waals surface area contributed by atoms with Crippen LogP contribution in [-0.4, -0.2) is 28.0 Å². The largest absolute Gasteiger partial charge is 0.337 e. The Balaban J connectivity index is 1.94. The summed E-state index contributed by atoms with van der Waals surface area (Å²) in [6, 6.07) is 8.68. The number of nitrogens with zero attached hydrogens (tertiary/aromatic N) is 3. The lowest BCUT2D eigenvalue weighted by Gasteiger charge is -2.21. The van der Waals surface area contributed by atoms with Crippen LogP contribution in [-0.2, 0) is 13.6 Å². The number of hydrogen-bond acceptors (Lipinski definition) is 3. The van der Waals surface area contributed by atoms with Crippen molar-refractivity contribution in [1.29, 1.82) is 0 Å². The normalized spacial score (nSPS) is 13.1. The summed E-state index contributed by atoms with van der Waals surface area (Å²) in [7, 11) is 4.10. The first-order chi connectivity index (χ1) is 9.97. The molecule has 2 aromatic rings. The van der Waals surface area contributed by atoms with Gasteiger partial charge in [-0.2, -0.15) is 0 Å². The second-order valence-corrected chi connectivity index (χ2v) is 6.08. The number of nitrogens with two attached hydrogens (primary N) is 1. The van der Waals surface area contributed by atoms with E-state index in [-0.39, 0.29) is 6.04 Å². The summed E-state index contributed by atoms with van der Waals surface area (Å²) >= 11 is 0. The Kier molecular flexibility index (Phi) is 5.15. The molecule has 1 aromatic carbocycles. The van der Waals surface area contributed by atoms with Gasteiger partial charge in [0, 0.05) is 32.0 Å². The van der Waals surface area contributed by atoms with Crippen LogP contribution in [0, 0.1) is 0 Å². The van der Waals surface area contributed by atoms with E-state index in [0.717, 1.165) is 18.9 Å². The summed E-state index contributed by atoms with van der Waals surface area (Å²) < 4.78 is 2.04. The maximum absolute atomic E-state index is 6.32. The highest BCUT2D eigenvalue weighted by molar-refractivity contribution is 5.26. The van der Waals surface area contributed by atoms with Crippen molar-refractivity contribution in [2.45, 2.75) is 32.4 Å². The third-order valence-electron chi connectivity index (χ3n) is 3.87. The van der Waals surface area contributed by atoms with Crippen LogP contribution in [0.15, 0.2) is 36.7 Å². The van der Waals surface area contributed by atoms with Gasteiger partial charge in [0.25, 0.3) is 0 Å². The number of rotatable bonds is 6. The van der Waals surface area contributed by atoms with Gasteiger partial charge in [-0.25, -0.2) is 4.98 Å². The molecule has 0 aliphatic carbocycles. The van der Waals surface area contributed by atoms with E-state index in [1.807, 2.05) is 24.0 Å². The van der Waals surface area contributed by atoms with E-state index < -0.39 is 0 Å². The molecule has 2 N–H and O–H groups in total. The molecule has 0 bridgehead atoms. The molecule has 1 heterocycles. The molecule has 114 valence electrons. The minimum absolute atomic E-state index is 0.0245. The van der Waals surface area contributed by atoms with E-state index in [9.17, 15) is 0 Å². The van der Waals surface area contributed by atoms with Gasteiger partial charge in [-0.05, 0) is 24.1 Å². The minimum Gasteiger partial charge on any atom is -0.337 e. The molecule has 0 fully saturated rings. The van der Waals surface area contributed by atoms with Crippen LogP contribution in [0.5, 0.6) is 0 Å². The maximum Gasteiger partial charge on any atom is 0.122 e. The lowest BCUT2D eigenvalue weighted by atomic mass is 9.99. The summed E-state index contributed by atoms with van der Waals surface area (Å²) in [4.78, 5) is 6.56. The van der Waals surface area contributed by atoms with Crippen LogP contribution in [0.25, 0.3) is 0 Å². The quantitative estimate of drug-likeness (QED) is 0.888. The zero-order valence-electron chi connectivity index (χ0n) is 13.5. The van der Waals surface area contributed by atoms with Gasteiger partial charge in [-0.15, -0.1) is 0 Å². The predicted octanol–water partition coefficient (Wildman–Crippen LogP) is 2.68. The standard InChI is InChI=1S/C17H26N4/c1-13(2)14-5-7-15(8-6-14)16(18)11-20(3)12-17-19-9-10-21(17)4/h5-10,13,16H,11-12,18H2,1-4H3. The van der Waals surface area contributed by atoms with Crippen molar-refractivity contribution >= 4 is 0 Å². The third-order valence-corrected chi connectivity index (χ3v) is 3.87. The molecule has 4 nitrogen and oxygen atoms in total. The molecule has 0 saturated carbocycles. The van der Waals surface area contributed by atoms with Gasteiger partial charge in [-0.3, -0.25) is 4.90 Å². The van der Waals surface area contributed by atoms with Crippen molar-refractivity contribution in [2.75, 3.05) is 13.6 Å². The van der Waals surface area contributed by atoms with Crippen LogP contribution in [0.4, 0.5) is 0 Å². The van der Waals surface area contributed by atoms with E-state index in [2.05, 4.69) is 55.0 Å². The van der Waals surface area contributed by atoms with E-state index in [4.69, 9.17) is 5.73 Å². The maximum atomic E-state index is 6.32.